The monoisotopic (exact) mass is 633 g/mol. The van der Waals surface area contributed by atoms with Gasteiger partial charge in [0.05, 0.1) is 44.4 Å². The van der Waals surface area contributed by atoms with E-state index in [1.54, 1.807) is 43.5 Å². The molecular weight excluding hydrogens is 598 g/mol. The molecule has 0 radical (unpaired) electrons. The summed E-state index contributed by atoms with van der Waals surface area (Å²) in [5.41, 5.74) is 10.8. The predicted octanol–water partition coefficient (Wildman–Crippen LogP) is 2.23. The third-order valence-electron chi connectivity index (χ3n) is 6.87. The highest BCUT2D eigenvalue weighted by atomic mass is 16.6. The third-order valence-corrected chi connectivity index (χ3v) is 6.87. The highest BCUT2D eigenvalue weighted by Gasteiger charge is 2.26. The summed E-state index contributed by atoms with van der Waals surface area (Å²) in [7, 11) is 1.56. The molecule has 46 heavy (non-hydrogen) atoms. The van der Waals surface area contributed by atoms with Crippen molar-refractivity contribution in [1.82, 2.24) is 35.6 Å². The molecule has 2 aromatic carbocycles. The number of rotatable bonds is 13. The quantitative estimate of drug-likeness (QED) is 0.124. The maximum atomic E-state index is 13.2. The first-order chi connectivity index (χ1) is 22.3. The summed E-state index contributed by atoms with van der Waals surface area (Å²) in [6.45, 7) is 7.29. The Morgan fingerprint density at radius 3 is 2.61 bits per heavy atom. The van der Waals surface area contributed by atoms with Crippen molar-refractivity contribution in [1.29, 1.82) is 0 Å². The fourth-order valence-electron chi connectivity index (χ4n) is 4.48. The second-order valence-electron chi connectivity index (χ2n) is 10.7. The number of hydrazone groups is 1. The molecular formula is C30H35N9O7. The number of benzene rings is 2. The molecule has 1 saturated heterocycles. The number of nitrogens with one attached hydrogen (secondary N) is 1. The Bertz CT molecular complexity index is 1660. The van der Waals surface area contributed by atoms with Crippen LogP contribution in [0.1, 0.15) is 51.5 Å². The highest BCUT2D eigenvalue weighted by Crippen LogP contribution is 2.23. The smallest absolute Gasteiger partial charge is 0.338 e. The molecule has 0 bridgehead atoms. The molecule has 1 amide bonds. The summed E-state index contributed by atoms with van der Waals surface area (Å²) in [6, 6.07) is 12.1. The van der Waals surface area contributed by atoms with Crippen LogP contribution in [0.25, 0.3) is 5.82 Å². The molecule has 16 nitrogen and oxygen atoms in total. The number of amides is 1. The standard InChI is InChI=1S/C30H35N9O7/c1-19(2)17-45-30(41)21-5-7-23(8-6-21)44-18-22-14-20(4-9-25(22)42-3)15-32-34-29(40)26-24(16-38-10-12-43-13-11-38)39(37-33-26)28-27(31)35-46-36-28/h4-9,14-15,19H,10-13,16-18H2,1-3H3,(H2,31,35)(H,34,40). The molecule has 0 atom stereocenters. The summed E-state index contributed by atoms with van der Waals surface area (Å²) >= 11 is 0. The Hall–Kier alpha value is -5.35. The van der Waals surface area contributed by atoms with Gasteiger partial charge in [-0.05, 0) is 64.3 Å². The number of nitrogens with zero attached hydrogens (tertiary/aromatic N) is 7. The number of carbonyl (C=O) groups excluding carboxylic acids is 2. The first-order valence-corrected chi connectivity index (χ1v) is 14.6. The molecule has 0 unspecified atom stereocenters. The summed E-state index contributed by atoms with van der Waals surface area (Å²) < 4.78 is 28.2. The van der Waals surface area contributed by atoms with Crippen LogP contribution in [-0.4, -0.2) is 88.3 Å². The van der Waals surface area contributed by atoms with Gasteiger partial charge in [0.15, 0.2) is 5.69 Å². The van der Waals surface area contributed by atoms with Crippen LogP contribution >= 0.6 is 0 Å². The van der Waals surface area contributed by atoms with E-state index < -0.39 is 5.91 Å². The minimum absolute atomic E-state index is 0.0104. The molecule has 0 spiro atoms. The van der Waals surface area contributed by atoms with Crippen LogP contribution in [0.3, 0.4) is 0 Å². The number of hydrogen-bond acceptors (Lipinski definition) is 14. The van der Waals surface area contributed by atoms with E-state index >= 15 is 0 Å². The molecule has 2 aromatic heterocycles. The molecule has 3 N–H and O–H groups in total. The van der Waals surface area contributed by atoms with Gasteiger partial charge < -0.3 is 24.7 Å². The van der Waals surface area contributed by atoms with Gasteiger partial charge in [0.2, 0.25) is 11.6 Å². The molecule has 5 rings (SSSR count). The van der Waals surface area contributed by atoms with Gasteiger partial charge in [-0.25, -0.2) is 14.8 Å². The maximum absolute atomic E-state index is 13.2. The topological polar surface area (TPSA) is 194 Å². The minimum atomic E-state index is -0.575. The van der Waals surface area contributed by atoms with Crippen LogP contribution in [0.5, 0.6) is 11.5 Å². The van der Waals surface area contributed by atoms with Crippen molar-refractivity contribution in [2.24, 2.45) is 11.0 Å². The number of methoxy groups -OCH3 is 1. The van der Waals surface area contributed by atoms with Gasteiger partial charge in [-0.1, -0.05) is 19.1 Å². The zero-order valence-electron chi connectivity index (χ0n) is 25.7. The fraction of sp³-hybridized carbons (Fsp3) is 0.367. The largest absolute Gasteiger partial charge is 0.496 e. The Balaban J connectivity index is 1.24. The average Bonchev–Trinajstić information content (AvgIpc) is 3.68. The molecule has 0 saturated carbocycles. The van der Waals surface area contributed by atoms with Crippen molar-refractivity contribution in [3.63, 3.8) is 0 Å². The van der Waals surface area contributed by atoms with Crippen molar-refractivity contribution in [3.8, 4) is 17.3 Å². The summed E-state index contributed by atoms with van der Waals surface area (Å²) in [5.74, 6) is 0.620. The number of hydrogen-bond donors (Lipinski definition) is 2. The molecule has 0 aliphatic carbocycles. The van der Waals surface area contributed by atoms with E-state index in [-0.39, 0.29) is 35.8 Å². The average molecular weight is 634 g/mol. The zero-order chi connectivity index (χ0) is 32.5. The Kier molecular flexibility index (Phi) is 10.5. The van der Waals surface area contributed by atoms with E-state index in [1.165, 1.54) is 10.9 Å². The lowest BCUT2D eigenvalue weighted by atomic mass is 10.1. The van der Waals surface area contributed by atoms with Gasteiger partial charge in [0.1, 0.15) is 18.1 Å². The molecule has 1 fully saturated rings. The van der Waals surface area contributed by atoms with E-state index in [9.17, 15) is 9.59 Å². The molecule has 1 aliphatic heterocycles. The van der Waals surface area contributed by atoms with E-state index in [2.05, 4.69) is 36.1 Å². The predicted molar refractivity (Wildman–Crippen MR) is 164 cm³/mol. The lowest BCUT2D eigenvalue weighted by molar-refractivity contribution is 0.0332. The number of aromatic nitrogens is 5. The zero-order valence-corrected chi connectivity index (χ0v) is 25.7. The van der Waals surface area contributed by atoms with Crippen LogP contribution in [0.2, 0.25) is 0 Å². The summed E-state index contributed by atoms with van der Waals surface area (Å²) in [4.78, 5) is 27.5. The number of anilines is 1. The van der Waals surface area contributed by atoms with Gasteiger partial charge >= 0.3 is 5.97 Å². The first kappa shape index (κ1) is 32.1. The lowest BCUT2D eigenvalue weighted by Gasteiger charge is -2.26. The molecule has 3 heterocycles. The van der Waals surface area contributed by atoms with E-state index in [4.69, 9.17) is 29.3 Å². The van der Waals surface area contributed by atoms with Crippen molar-refractivity contribution in [3.05, 3.63) is 70.5 Å². The summed E-state index contributed by atoms with van der Waals surface area (Å²) in [5, 5.41) is 19.7. The third kappa shape index (κ3) is 8.02. The fourth-order valence-corrected chi connectivity index (χ4v) is 4.48. The van der Waals surface area contributed by atoms with Gasteiger partial charge in [-0.15, -0.1) is 5.10 Å². The van der Waals surface area contributed by atoms with E-state index in [0.29, 0.717) is 67.8 Å². The van der Waals surface area contributed by atoms with Crippen molar-refractivity contribution in [2.75, 3.05) is 45.8 Å². The van der Waals surface area contributed by atoms with Crippen molar-refractivity contribution >= 4 is 23.9 Å². The highest BCUT2D eigenvalue weighted by molar-refractivity contribution is 5.94. The Labute approximate surface area is 264 Å². The Morgan fingerprint density at radius 2 is 1.91 bits per heavy atom. The second-order valence-corrected chi connectivity index (χ2v) is 10.7. The van der Waals surface area contributed by atoms with Gasteiger partial charge in [0.25, 0.3) is 5.91 Å². The van der Waals surface area contributed by atoms with Gasteiger partial charge in [-0.2, -0.15) is 9.78 Å². The molecule has 242 valence electrons. The number of carbonyl (C=O) groups is 2. The number of nitrogen functional groups attached to an aromatic ring is 1. The van der Waals surface area contributed by atoms with E-state index in [0.717, 1.165) is 5.56 Å². The molecule has 4 aromatic rings. The summed E-state index contributed by atoms with van der Waals surface area (Å²) in [6.07, 6.45) is 1.49. The minimum Gasteiger partial charge on any atom is -0.496 e. The molecule has 1 aliphatic rings. The van der Waals surface area contributed by atoms with Crippen LogP contribution in [0.15, 0.2) is 52.2 Å². The van der Waals surface area contributed by atoms with Crippen molar-refractivity contribution < 1.29 is 33.2 Å². The molecule has 16 heteroatoms. The normalized spacial score (nSPS) is 13.7. The number of morpholine rings is 1. The first-order valence-electron chi connectivity index (χ1n) is 14.6. The number of nitrogens with two attached hydrogens (primary N) is 1. The van der Waals surface area contributed by atoms with Crippen LogP contribution < -0.4 is 20.6 Å². The van der Waals surface area contributed by atoms with Crippen molar-refractivity contribution in [2.45, 2.75) is 27.0 Å². The van der Waals surface area contributed by atoms with Gasteiger partial charge in [-0.3, -0.25) is 9.69 Å². The number of ether oxygens (including phenoxy) is 4. The second kappa shape index (κ2) is 15.1. The Morgan fingerprint density at radius 1 is 1.13 bits per heavy atom. The lowest BCUT2D eigenvalue weighted by Crippen LogP contribution is -2.37. The van der Waals surface area contributed by atoms with E-state index in [1.807, 2.05) is 19.9 Å². The van der Waals surface area contributed by atoms with Crippen LogP contribution in [-0.2, 0) is 22.6 Å². The SMILES string of the molecule is COc1ccc(C=NNC(=O)c2nnn(-c3nonc3N)c2CN2CCOCC2)cc1COc1ccc(C(=O)OCC(C)C)cc1. The van der Waals surface area contributed by atoms with Gasteiger partial charge in [0, 0.05) is 25.2 Å². The van der Waals surface area contributed by atoms with Crippen LogP contribution in [0.4, 0.5) is 5.82 Å². The number of esters is 1. The maximum Gasteiger partial charge on any atom is 0.338 e. The van der Waals surface area contributed by atoms with Crippen LogP contribution in [0, 0.1) is 5.92 Å².